The fourth-order valence-electron chi connectivity index (χ4n) is 1.49. The van der Waals surface area contributed by atoms with Crippen LogP contribution in [-0.4, -0.2) is 36.9 Å². The summed E-state index contributed by atoms with van der Waals surface area (Å²) in [5.41, 5.74) is 10.9. The summed E-state index contributed by atoms with van der Waals surface area (Å²) in [6.07, 6.45) is 0.123. The molecule has 5 N–H and O–H groups in total. The van der Waals surface area contributed by atoms with E-state index in [2.05, 4.69) is 5.32 Å². The van der Waals surface area contributed by atoms with Crippen molar-refractivity contribution >= 4 is 23.2 Å². The lowest BCUT2D eigenvalue weighted by molar-refractivity contribution is -0.120. The van der Waals surface area contributed by atoms with Gasteiger partial charge in [0, 0.05) is 18.7 Å². The van der Waals surface area contributed by atoms with Gasteiger partial charge in [-0.25, -0.2) is 4.39 Å². The van der Waals surface area contributed by atoms with Gasteiger partial charge in [-0.1, -0.05) is 0 Å². The van der Waals surface area contributed by atoms with Crippen molar-refractivity contribution in [3.05, 3.63) is 24.0 Å². The highest BCUT2D eigenvalue weighted by Crippen LogP contribution is 2.17. The summed E-state index contributed by atoms with van der Waals surface area (Å²) < 4.78 is 13.4. The molecule has 6 nitrogen and oxygen atoms in total. The molecule has 0 atom stereocenters. The van der Waals surface area contributed by atoms with E-state index in [1.165, 1.54) is 18.2 Å². The van der Waals surface area contributed by atoms with Crippen molar-refractivity contribution in [2.75, 3.05) is 31.2 Å². The van der Waals surface area contributed by atoms with E-state index in [1.807, 2.05) is 0 Å². The van der Waals surface area contributed by atoms with Crippen LogP contribution >= 0.6 is 0 Å². The number of halogens is 1. The normalized spacial score (nSPS) is 10.5. The number of carbonyl (C=O) groups is 2. The number of nitrogen functional groups attached to an aromatic ring is 1. The predicted molar refractivity (Wildman–Crippen MR) is 70.8 cm³/mol. The Balaban J connectivity index is 2.47. The predicted octanol–water partition coefficient (Wildman–Crippen LogP) is 0.154. The number of rotatable bonds is 6. The zero-order valence-corrected chi connectivity index (χ0v) is 10.6. The summed E-state index contributed by atoms with van der Waals surface area (Å²) in [7, 11) is 1.67. The number of hydrogen-bond acceptors (Lipinski definition) is 4. The van der Waals surface area contributed by atoms with Crippen LogP contribution in [0.4, 0.5) is 15.8 Å². The highest BCUT2D eigenvalue weighted by Gasteiger charge is 2.09. The fraction of sp³-hybridized carbons (Fsp3) is 0.333. The van der Waals surface area contributed by atoms with Gasteiger partial charge in [-0.3, -0.25) is 14.5 Å². The molecule has 0 aliphatic carbocycles. The average molecular weight is 268 g/mol. The quantitative estimate of drug-likeness (QED) is 0.639. The van der Waals surface area contributed by atoms with Crippen molar-refractivity contribution in [3.63, 3.8) is 0 Å². The van der Waals surface area contributed by atoms with Crippen LogP contribution in [0.3, 0.4) is 0 Å². The third kappa shape index (κ3) is 5.35. The molecular formula is C12H17FN4O2. The molecule has 2 amide bonds. The number of carbonyl (C=O) groups excluding carboxylic acids is 2. The summed E-state index contributed by atoms with van der Waals surface area (Å²) in [6.45, 7) is 0.415. The molecule has 0 saturated heterocycles. The lowest BCUT2D eigenvalue weighted by Gasteiger charge is -2.14. The molecule has 19 heavy (non-hydrogen) atoms. The van der Waals surface area contributed by atoms with Crippen molar-refractivity contribution in [1.29, 1.82) is 0 Å². The van der Waals surface area contributed by atoms with Gasteiger partial charge in [0.15, 0.2) is 0 Å². The standard InChI is InChI=1S/C12H17FN4O2/c1-17(7-11(15)18)5-4-12(19)16-10-6-8(14)2-3-9(10)13/h2-3,6H,4-5,7,14H2,1H3,(H2,15,18)(H,16,19). The van der Waals surface area contributed by atoms with Gasteiger partial charge in [-0.05, 0) is 25.2 Å². The minimum absolute atomic E-state index is 0.0440. The van der Waals surface area contributed by atoms with E-state index in [0.717, 1.165) is 0 Å². The molecule has 0 radical (unpaired) electrons. The molecule has 1 aromatic carbocycles. The SMILES string of the molecule is CN(CCC(=O)Nc1cc(N)ccc1F)CC(N)=O. The molecule has 0 spiro atoms. The maximum absolute atomic E-state index is 13.4. The molecule has 0 aliphatic heterocycles. The summed E-state index contributed by atoms with van der Waals surface area (Å²) >= 11 is 0. The van der Waals surface area contributed by atoms with E-state index in [4.69, 9.17) is 11.5 Å². The Kier molecular flexibility index (Phi) is 5.25. The minimum atomic E-state index is -0.548. The van der Waals surface area contributed by atoms with E-state index in [-0.39, 0.29) is 24.6 Å². The third-order valence-electron chi connectivity index (χ3n) is 2.41. The molecule has 0 unspecified atom stereocenters. The third-order valence-corrected chi connectivity index (χ3v) is 2.41. The van der Waals surface area contributed by atoms with Crippen LogP contribution in [0.25, 0.3) is 0 Å². The fourth-order valence-corrected chi connectivity index (χ4v) is 1.49. The zero-order chi connectivity index (χ0) is 14.4. The molecule has 0 saturated carbocycles. The van der Waals surface area contributed by atoms with Gasteiger partial charge in [0.1, 0.15) is 5.82 Å². The largest absolute Gasteiger partial charge is 0.399 e. The number of likely N-dealkylation sites (N-methyl/N-ethyl adjacent to an activating group) is 1. The maximum atomic E-state index is 13.4. The Morgan fingerprint density at radius 3 is 2.74 bits per heavy atom. The number of nitrogens with one attached hydrogen (secondary N) is 1. The van der Waals surface area contributed by atoms with Gasteiger partial charge in [0.2, 0.25) is 11.8 Å². The van der Waals surface area contributed by atoms with Crippen molar-refractivity contribution in [3.8, 4) is 0 Å². The van der Waals surface area contributed by atoms with Crippen LogP contribution in [0.2, 0.25) is 0 Å². The highest BCUT2D eigenvalue weighted by atomic mass is 19.1. The first-order chi connectivity index (χ1) is 8.88. The average Bonchev–Trinajstić information content (AvgIpc) is 2.30. The number of nitrogens with zero attached hydrogens (tertiary/aromatic N) is 1. The molecule has 0 aliphatic rings. The minimum Gasteiger partial charge on any atom is -0.399 e. The van der Waals surface area contributed by atoms with Crippen molar-refractivity contribution < 1.29 is 14.0 Å². The van der Waals surface area contributed by atoms with Crippen LogP contribution in [-0.2, 0) is 9.59 Å². The first kappa shape index (κ1) is 14.9. The van der Waals surface area contributed by atoms with E-state index in [1.54, 1.807) is 11.9 Å². The van der Waals surface area contributed by atoms with Gasteiger partial charge in [-0.15, -0.1) is 0 Å². The Morgan fingerprint density at radius 2 is 2.11 bits per heavy atom. The van der Waals surface area contributed by atoms with Crippen LogP contribution in [0, 0.1) is 5.82 Å². The van der Waals surface area contributed by atoms with Crippen molar-refractivity contribution in [2.45, 2.75) is 6.42 Å². The number of amides is 2. The summed E-state index contributed by atoms with van der Waals surface area (Å²) in [5, 5.41) is 2.42. The number of anilines is 2. The lowest BCUT2D eigenvalue weighted by atomic mass is 10.2. The topological polar surface area (TPSA) is 101 Å². The van der Waals surface area contributed by atoms with Gasteiger partial charge in [0.25, 0.3) is 0 Å². The second-order valence-electron chi connectivity index (χ2n) is 4.24. The molecule has 0 aromatic heterocycles. The van der Waals surface area contributed by atoms with E-state index in [9.17, 15) is 14.0 Å². The van der Waals surface area contributed by atoms with Crippen molar-refractivity contribution in [1.82, 2.24) is 4.90 Å². The smallest absolute Gasteiger partial charge is 0.231 e. The summed E-state index contributed by atoms with van der Waals surface area (Å²) in [4.78, 5) is 23.9. The molecule has 0 fully saturated rings. The van der Waals surface area contributed by atoms with Crippen molar-refractivity contribution in [2.24, 2.45) is 5.73 Å². The van der Waals surface area contributed by atoms with Gasteiger partial charge in [-0.2, -0.15) is 0 Å². The lowest BCUT2D eigenvalue weighted by Crippen LogP contribution is -2.32. The first-order valence-corrected chi connectivity index (χ1v) is 5.70. The van der Waals surface area contributed by atoms with Gasteiger partial charge >= 0.3 is 0 Å². The number of benzene rings is 1. The van der Waals surface area contributed by atoms with Gasteiger partial charge in [0.05, 0.1) is 12.2 Å². The monoisotopic (exact) mass is 268 g/mol. The molecule has 104 valence electrons. The number of primary amides is 1. The summed E-state index contributed by atoms with van der Waals surface area (Å²) in [5.74, 6) is -1.38. The Labute approximate surface area is 110 Å². The van der Waals surface area contributed by atoms with Crippen LogP contribution in [0.15, 0.2) is 18.2 Å². The number of hydrogen-bond donors (Lipinski definition) is 3. The Morgan fingerprint density at radius 1 is 1.42 bits per heavy atom. The van der Waals surface area contributed by atoms with Crippen LogP contribution < -0.4 is 16.8 Å². The molecule has 7 heteroatoms. The van der Waals surface area contributed by atoms with E-state index >= 15 is 0 Å². The molecule has 0 heterocycles. The number of nitrogens with two attached hydrogens (primary N) is 2. The van der Waals surface area contributed by atoms with E-state index < -0.39 is 11.7 Å². The van der Waals surface area contributed by atoms with Gasteiger partial charge < -0.3 is 16.8 Å². The first-order valence-electron chi connectivity index (χ1n) is 5.70. The van der Waals surface area contributed by atoms with Crippen LogP contribution in [0.1, 0.15) is 6.42 Å². The highest BCUT2D eigenvalue weighted by molar-refractivity contribution is 5.91. The Hall–Kier alpha value is -2.15. The molecular weight excluding hydrogens is 251 g/mol. The van der Waals surface area contributed by atoms with Crippen LogP contribution in [0.5, 0.6) is 0 Å². The molecule has 0 bridgehead atoms. The summed E-state index contributed by atoms with van der Waals surface area (Å²) in [6, 6.07) is 3.94. The maximum Gasteiger partial charge on any atom is 0.231 e. The molecule has 1 rings (SSSR count). The second-order valence-corrected chi connectivity index (χ2v) is 4.24. The van der Waals surface area contributed by atoms with E-state index in [0.29, 0.717) is 12.2 Å². The zero-order valence-electron chi connectivity index (χ0n) is 10.6. The second kappa shape index (κ2) is 6.69. The molecule has 1 aromatic rings. The Bertz CT molecular complexity index is 479.